The van der Waals surface area contributed by atoms with Gasteiger partial charge in [-0.1, -0.05) is 0 Å². The zero-order valence-electron chi connectivity index (χ0n) is 10.9. The first kappa shape index (κ1) is 12.6. The van der Waals surface area contributed by atoms with Gasteiger partial charge in [0.1, 0.15) is 0 Å². The summed E-state index contributed by atoms with van der Waals surface area (Å²) in [7, 11) is 1.40. The molecule has 0 saturated carbocycles. The Bertz CT molecular complexity index is 488. The van der Waals surface area contributed by atoms with Crippen molar-refractivity contribution in [1.82, 2.24) is 0 Å². The largest absolute Gasteiger partial charge is 0.494 e. The molecule has 2 atom stereocenters. The van der Waals surface area contributed by atoms with Gasteiger partial charge >= 0.3 is 0 Å². The molecule has 2 aliphatic heterocycles. The Morgan fingerprint density at radius 3 is 2.63 bits per heavy atom. The van der Waals surface area contributed by atoms with Crippen LogP contribution < -0.4 is 4.74 Å². The number of rotatable bonds is 3. The molecule has 3 nitrogen and oxygen atoms in total. The summed E-state index contributed by atoms with van der Waals surface area (Å²) in [6.07, 6.45) is 4.15. The average Bonchev–Trinajstić information content (AvgIpc) is 2.77. The molecule has 0 aliphatic carbocycles. The normalized spacial score (nSPS) is 29.3. The van der Waals surface area contributed by atoms with E-state index in [0.717, 1.165) is 25.7 Å². The van der Waals surface area contributed by atoms with Crippen molar-refractivity contribution >= 4 is 5.78 Å². The summed E-state index contributed by atoms with van der Waals surface area (Å²) < 4.78 is 24.0. The third kappa shape index (κ3) is 2.37. The van der Waals surface area contributed by atoms with Gasteiger partial charge in [-0.3, -0.25) is 4.79 Å². The number of carbonyl (C=O) groups excluding carboxylic acids is 1. The maximum absolute atomic E-state index is 13.4. The summed E-state index contributed by atoms with van der Waals surface area (Å²) in [6.45, 7) is 0. The molecular formula is C15H17FO3. The van der Waals surface area contributed by atoms with Gasteiger partial charge in [-0.2, -0.15) is 0 Å². The standard InChI is InChI=1S/C15H17FO3/c1-18-14-8-9(2-5-13(14)16)15(17)10-6-11-3-4-12(7-10)19-11/h2,5,8,10-12H,3-4,6-7H2,1H3. The van der Waals surface area contributed by atoms with Crippen LogP contribution in [0.3, 0.4) is 0 Å². The predicted octanol–water partition coefficient (Wildman–Crippen LogP) is 2.97. The lowest BCUT2D eigenvalue weighted by Gasteiger charge is -2.27. The SMILES string of the molecule is COc1cc(C(=O)C2CC3CCC(C2)O3)ccc1F. The van der Waals surface area contributed by atoms with E-state index in [1.165, 1.54) is 25.3 Å². The zero-order valence-corrected chi connectivity index (χ0v) is 10.9. The van der Waals surface area contributed by atoms with E-state index in [1.54, 1.807) is 0 Å². The van der Waals surface area contributed by atoms with E-state index >= 15 is 0 Å². The third-order valence-corrected chi connectivity index (χ3v) is 4.10. The lowest BCUT2D eigenvalue weighted by Crippen LogP contribution is -2.30. The fourth-order valence-electron chi connectivity index (χ4n) is 3.12. The summed E-state index contributed by atoms with van der Waals surface area (Å²) in [5.41, 5.74) is 0.532. The van der Waals surface area contributed by atoms with Gasteiger partial charge in [-0.15, -0.1) is 0 Å². The molecule has 2 heterocycles. The maximum Gasteiger partial charge on any atom is 0.166 e. The fraction of sp³-hybridized carbons (Fsp3) is 0.533. The Morgan fingerprint density at radius 1 is 1.32 bits per heavy atom. The van der Waals surface area contributed by atoms with Gasteiger partial charge in [-0.05, 0) is 43.9 Å². The molecule has 2 saturated heterocycles. The first-order valence-corrected chi connectivity index (χ1v) is 6.70. The second-order valence-corrected chi connectivity index (χ2v) is 5.34. The van der Waals surface area contributed by atoms with Gasteiger partial charge in [0.2, 0.25) is 0 Å². The van der Waals surface area contributed by atoms with Gasteiger partial charge in [0.15, 0.2) is 17.3 Å². The second-order valence-electron chi connectivity index (χ2n) is 5.34. The van der Waals surface area contributed by atoms with Gasteiger partial charge in [0.05, 0.1) is 19.3 Å². The zero-order chi connectivity index (χ0) is 13.4. The summed E-state index contributed by atoms with van der Waals surface area (Å²) >= 11 is 0. The number of methoxy groups -OCH3 is 1. The Morgan fingerprint density at radius 2 is 2.00 bits per heavy atom. The molecule has 0 aromatic heterocycles. The third-order valence-electron chi connectivity index (χ3n) is 4.10. The molecule has 0 amide bonds. The number of benzene rings is 1. The molecule has 2 aliphatic rings. The van der Waals surface area contributed by atoms with Crippen LogP contribution in [0.15, 0.2) is 18.2 Å². The van der Waals surface area contributed by atoms with Crippen molar-refractivity contribution in [3.05, 3.63) is 29.6 Å². The molecule has 102 valence electrons. The number of halogens is 1. The van der Waals surface area contributed by atoms with Gasteiger partial charge in [0, 0.05) is 11.5 Å². The summed E-state index contributed by atoms with van der Waals surface area (Å²) in [5.74, 6) is -0.230. The van der Waals surface area contributed by atoms with Crippen LogP contribution >= 0.6 is 0 Å². The fourth-order valence-corrected chi connectivity index (χ4v) is 3.12. The average molecular weight is 264 g/mol. The van der Waals surface area contributed by atoms with Crippen molar-refractivity contribution in [2.45, 2.75) is 37.9 Å². The minimum absolute atomic E-state index is 0.00131. The maximum atomic E-state index is 13.4. The lowest BCUT2D eigenvalue weighted by molar-refractivity contribution is -0.0149. The molecule has 4 heteroatoms. The van der Waals surface area contributed by atoms with Gasteiger partial charge in [-0.25, -0.2) is 4.39 Å². The highest BCUT2D eigenvalue weighted by molar-refractivity contribution is 5.98. The highest BCUT2D eigenvalue weighted by atomic mass is 19.1. The van der Waals surface area contributed by atoms with Gasteiger partial charge < -0.3 is 9.47 Å². The van der Waals surface area contributed by atoms with Crippen LogP contribution in [0.25, 0.3) is 0 Å². The molecule has 1 aromatic rings. The number of carbonyl (C=O) groups is 1. The van der Waals surface area contributed by atoms with Crippen LogP contribution in [0, 0.1) is 11.7 Å². The van der Waals surface area contributed by atoms with Crippen LogP contribution in [-0.4, -0.2) is 25.1 Å². The van der Waals surface area contributed by atoms with Gasteiger partial charge in [0.25, 0.3) is 0 Å². The van der Waals surface area contributed by atoms with Crippen LogP contribution in [0.4, 0.5) is 4.39 Å². The number of fused-ring (bicyclic) bond motifs is 2. The van der Waals surface area contributed by atoms with Crippen LogP contribution in [0.5, 0.6) is 5.75 Å². The van der Waals surface area contributed by atoms with E-state index in [-0.39, 0.29) is 29.7 Å². The molecule has 0 spiro atoms. The number of Topliss-reactive ketones (excluding diaryl/α,β-unsaturated/α-hetero) is 1. The van der Waals surface area contributed by atoms with Crippen molar-refractivity contribution < 1.29 is 18.7 Å². The van der Waals surface area contributed by atoms with E-state index in [1.807, 2.05) is 0 Å². The number of ether oxygens (including phenoxy) is 2. The molecule has 3 rings (SSSR count). The second kappa shape index (κ2) is 4.93. The minimum Gasteiger partial charge on any atom is -0.494 e. The number of hydrogen-bond acceptors (Lipinski definition) is 3. The first-order valence-electron chi connectivity index (χ1n) is 6.70. The Kier molecular flexibility index (Phi) is 3.27. The monoisotopic (exact) mass is 264 g/mol. The molecule has 0 radical (unpaired) electrons. The van der Waals surface area contributed by atoms with E-state index in [4.69, 9.17) is 9.47 Å². The summed E-state index contributed by atoms with van der Waals surface area (Å²) in [4.78, 5) is 12.5. The number of hydrogen-bond donors (Lipinski definition) is 0. The van der Waals surface area contributed by atoms with Crippen molar-refractivity contribution in [2.75, 3.05) is 7.11 Å². The quantitative estimate of drug-likeness (QED) is 0.787. The van der Waals surface area contributed by atoms with Crippen LogP contribution in [0.1, 0.15) is 36.0 Å². The highest BCUT2D eigenvalue weighted by Gasteiger charge is 2.38. The highest BCUT2D eigenvalue weighted by Crippen LogP contribution is 2.37. The number of ketones is 1. The molecule has 2 bridgehead atoms. The topological polar surface area (TPSA) is 35.5 Å². The Hall–Kier alpha value is -1.42. The van der Waals surface area contributed by atoms with Crippen molar-refractivity contribution in [1.29, 1.82) is 0 Å². The van der Waals surface area contributed by atoms with Crippen molar-refractivity contribution in [2.24, 2.45) is 5.92 Å². The molecule has 2 unspecified atom stereocenters. The van der Waals surface area contributed by atoms with E-state index < -0.39 is 5.82 Å². The van der Waals surface area contributed by atoms with E-state index in [2.05, 4.69) is 0 Å². The minimum atomic E-state index is -0.439. The summed E-state index contributed by atoms with van der Waals surface area (Å²) in [6, 6.07) is 4.33. The molecule has 2 fully saturated rings. The summed E-state index contributed by atoms with van der Waals surface area (Å²) in [5, 5.41) is 0. The first-order chi connectivity index (χ1) is 9.17. The predicted molar refractivity (Wildman–Crippen MR) is 67.9 cm³/mol. The van der Waals surface area contributed by atoms with Crippen molar-refractivity contribution in [3.8, 4) is 5.75 Å². The van der Waals surface area contributed by atoms with Crippen LogP contribution in [-0.2, 0) is 4.74 Å². The van der Waals surface area contributed by atoms with E-state index in [9.17, 15) is 9.18 Å². The van der Waals surface area contributed by atoms with Crippen molar-refractivity contribution in [3.63, 3.8) is 0 Å². The van der Waals surface area contributed by atoms with E-state index in [0.29, 0.717) is 5.56 Å². The smallest absolute Gasteiger partial charge is 0.166 e. The Balaban J connectivity index is 1.80. The molecule has 19 heavy (non-hydrogen) atoms. The van der Waals surface area contributed by atoms with Crippen LogP contribution in [0.2, 0.25) is 0 Å². The lowest BCUT2D eigenvalue weighted by atomic mass is 9.88. The molecule has 1 aromatic carbocycles. The Labute approximate surface area is 111 Å². The molecule has 0 N–H and O–H groups in total. The molecular weight excluding hydrogens is 247 g/mol.